The van der Waals surface area contributed by atoms with E-state index in [9.17, 15) is 8.42 Å². The van der Waals surface area contributed by atoms with E-state index in [-0.39, 0.29) is 10.8 Å². The van der Waals surface area contributed by atoms with Gasteiger partial charge in [-0.3, -0.25) is 9.71 Å². The average Bonchev–Trinajstić information content (AvgIpc) is 2.74. The zero-order valence-corrected chi connectivity index (χ0v) is 12.2. The molecule has 0 aliphatic carbocycles. The van der Waals surface area contributed by atoms with Crippen molar-refractivity contribution in [3.8, 4) is 0 Å². The van der Waals surface area contributed by atoms with Gasteiger partial charge in [0.1, 0.15) is 4.21 Å². The van der Waals surface area contributed by atoms with Crippen molar-refractivity contribution in [2.24, 2.45) is 0 Å². The summed E-state index contributed by atoms with van der Waals surface area (Å²) in [6.07, 6.45) is 3.13. The second-order valence-electron chi connectivity index (χ2n) is 4.13. The average molecular weight is 298 g/mol. The van der Waals surface area contributed by atoms with Crippen LogP contribution in [0.1, 0.15) is 16.0 Å². The number of nitrogens with one attached hydrogen (secondary N) is 1. The Morgan fingerprint density at radius 2 is 2.11 bits per heavy atom. The summed E-state index contributed by atoms with van der Waals surface area (Å²) in [7, 11) is -3.62. The van der Waals surface area contributed by atoms with Gasteiger partial charge in [-0.05, 0) is 37.1 Å². The second kappa shape index (κ2) is 5.28. The van der Waals surface area contributed by atoms with Gasteiger partial charge in [0, 0.05) is 17.3 Å². The lowest BCUT2D eigenvalue weighted by Crippen LogP contribution is -2.12. The number of nitrogens with zero attached hydrogens (tertiary/aromatic N) is 1. The van der Waals surface area contributed by atoms with Gasteiger partial charge >= 0.3 is 0 Å². The van der Waals surface area contributed by atoms with E-state index in [0.717, 1.165) is 22.5 Å². The fourth-order valence-electron chi connectivity index (χ4n) is 1.56. The Balaban J connectivity index is 2.35. The number of aromatic nitrogens is 1. The van der Waals surface area contributed by atoms with Gasteiger partial charge in [-0.1, -0.05) is 0 Å². The van der Waals surface area contributed by atoms with Gasteiger partial charge in [-0.15, -0.1) is 11.3 Å². The molecule has 0 fully saturated rings. The lowest BCUT2D eigenvalue weighted by Gasteiger charge is -2.08. The number of pyridine rings is 1. The van der Waals surface area contributed by atoms with Crippen LogP contribution >= 0.6 is 11.3 Å². The van der Waals surface area contributed by atoms with Crippen LogP contribution < -0.4 is 4.72 Å². The number of sulfonamides is 1. The molecule has 7 heteroatoms. The quantitative estimate of drug-likeness (QED) is 0.905. The molecule has 0 spiro atoms. The molecule has 102 valence electrons. The lowest BCUT2D eigenvalue weighted by molar-refractivity contribution is 0.285. The molecule has 0 atom stereocenters. The van der Waals surface area contributed by atoms with Crippen LogP contribution in [0.25, 0.3) is 0 Å². The van der Waals surface area contributed by atoms with E-state index >= 15 is 0 Å². The van der Waals surface area contributed by atoms with Gasteiger partial charge in [-0.25, -0.2) is 8.42 Å². The Labute approximate surface area is 116 Å². The van der Waals surface area contributed by atoms with E-state index in [0.29, 0.717) is 10.6 Å². The Morgan fingerprint density at radius 1 is 1.37 bits per heavy atom. The van der Waals surface area contributed by atoms with Gasteiger partial charge in [0.25, 0.3) is 10.0 Å². The number of aliphatic hydroxyl groups is 1. The lowest BCUT2D eigenvalue weighted by atomic mass is 10.3. The van der Waals surface area contributed by atoms with E-state index in [1.54, 1.807) is 32.2 Å². The minimum absolute atomic E-state index is 0.152. The van der Waals surface area contributed by atoms with Crippen LogP contribution in [0, 0.1) is 13.8 Å². The molecule has 19 heavy (non-hydrogen) atoms. The minimum Gasteiger partial charge on any atom is -0.391 e. The highest BCUT2D eigenvalue weighted by Crippen LogP contribution is 2.28. The fraction of sp³-hybridized carbons (Fsp3) is 0.250. The molecule has 2 N–H and O–H groups in total. The monoisotopic (exact) mass is 298 g/mol. The Hall–Kier alpha value is -1.44. The summed E-state index contributed by atoms with van der Waals surface area (Å²) in [6, 6.07) is 3.18. The van der Waals surface area contributed by atoms with E-state index in [4.69, 9.17) is 5.11 Å². The van der Waals surface area contributed by atoms with Gasteiger partial charge < -0.3 is 5.11 Å². The predicted molar refractivity (Wildman–Crippen MR) is 74.8 cm³/mol. The second-order valence-corrected chi connectivity index (χ2v) is 7.17. The summed E-state index contributed by atoms with van der Waals surface area (Å²) >= 11 is 1.08. The molecule has 0 amide bonds. The zero-order valence-electron chi connectivity index (χ0n) is 10.5. The first-order valence-corrected chi connectivity index (χ1v) is 7.87. The molecule has 2 rings (SSSR count). The van der Waals surface area contributed by atoms with E-state index in [2.05, 4.69) is 9.71 Å². The third-order valence-electron chi connectivity index (χ3n) is 2.67. The zero-order chi connectivity index (χ0) is 14.0. The van der Waals surface area contributed by atoms with Crippen LogP contribution in [0.15, 0.2) is 28.7 Å². The van der Waals surface area contributed by atoms with Gasteiger partial charge in [0.05, 0.1) is 12.3 Å². The molecule has 0 bridgehead atoms. The number of aryl methyl sites for hydroxylation is 2. The highest BCUT2D eigenvalue weighted by Gasteiger charge is 2.19. The van der Waals surface area contributed by atoms with E-state index in [1.807, 2.05) is 0 Å². The van der Waals surface area contributed by atoms with Crippen molar-refractivity contribution in [1.82, 2.24) is 4.98 Å². The molecule has 0 unspecified atom stereocenters. The first kappa shape index (κ1) is 14.0. The number of rotatable bonds is 4. The highest BCUT2D eigenvalue weighted by molar-refractivity contribution is 7.94. The summed E-state index contributed by atoms with van der Waals surface area (Å²) in [5.74, 6) is 0. The van der Waals surface area contributed by atoms with Crippen molar-refractivity contribution in [2.45, 2.75) is 24.7 Å². The topological polar surface area (TPSA) is 79.3 Å². The fourth-order valence-corrected chi connectivity index (χ4v) is 4.14. The number of anilines is 1. The smallest absolute Gasteiger partial charge is 0.271 e. The van der Waals surface area contributed by atoms with Crippen LogP contribution in [0.2, 0.25) is 0 Å². The molecule has 0 saturated carbocycles. The highest BCUT2D eigenvalue weighted by atomic mass is 32.2. The summed E-state index contributed by atoms with van der Waals surface area (Å²) in [4.78, 5) is 4.57. The maximum absolute atomic E-state index is 12.2. The number of thiophene rings is 1. The van der Waals surface area contributed by atoms with Gasteiger partial charge in [-0.2, -0.15) is 0 Å². The SMILES string of the molecule is Cc1cnccc1NS(=O)(=O)c1cc(C)c(CO)s1. The summed E-state index contributed by atoms with van der Waals surface area (Å²) < 4.78 is 27.2. The molecule has 0 saturated heterocycles. The molecule has 5 nitrogen and oxygen atoms in total. The molecule has 2 heterocycles. The van der Waals surface area contributed by atoms with Crippen molar-refractivity contribution in [1.29, 1.82) is 0 Å². The van der Waals surface area contributed by atoms with Crippen LogP contribution in [0.5, 0.6) is 0 Å². The number of hydrogen-bond acceptors (Lipinski definition) is 5. The molecular formula is C12H14N2O3S2. The van der Waals surface area contributed by atoms with E-state index in [1.165, 1.54) is 6.20 Å². The maximum Gasteiger partial charge on any atom is 0.271 e. The van der Waals surface area contributed by atoms with Crippen LogP contribution in [0.3, 0.4) is 0 Å². The Kier molecular flexibility index (Phi) is 3.88. The van der Waals surface area contributed by atoms with Crippen LogP contribution in [0.4, 0.5) is 5.69 Å². The van der Waals surface area contributed by atoms with Crippen LogP contribution in [-0.2, 0) is 16.6 Å². The van der Waals surface area contributed by atoms with Crippen molar-refractivity contribution in [3.63, 3.8) is 0 Å². The Bertz CT molecular complexity index is 693. The van der Waals surface area contributed by atoms with Gasteiger partial charge in [0.2, 0.25) is 0 Å². The molecule has 0 aromatic carbocycles. The summed E-state index contributed by atoms with van der Waals surface area (Å²) in [5, 5.41) is 9.12. The molecule has 0 aliphatic rings. The molecule has 2 aromatic heterocycles. The van der Waals surface area contributed by atoms with Gasteiger partial charge in [0.15, 0.2) is 0 Å². The Morgan fingerprint density at radius 3 is 2.68 bits per heavy atom. The summed E-state index contributed by atoms with van der Waals surface area (Å²) in [6.45, 7) is 3.41. The van der Waals surface area contributed by atoms with Crippen molar-refractivity contribution >= 4 is 27.0 Å². The molecule has 2 aromatic rings. The first-order valence-electron chi connectivity index (χ1n) is 5.57. The largest absolute Gasteiger partial charge is 0.391 e. The normalized spacial score (nSPS) is 11.5. The molecular weight excluding hydrogens is 284 g/mol. The molecule has 0 radical (unpaired) electrons. The van der Waals surface area contributed by atoms with Crippen molar-refractivity contribution in [3.05, 3.63) is 40.5 Å². The number of hydrogen-bond donors (Lipinski definition) is 2. The number of aliphatic hydroxyl groups excluding tert-OH is 1. The van der Waals surface area contributed by atoms with Crippen LogP contribution in [-0.4, -0.2) is 18.5 Å². The summed E-state index contributed by atoms with van der Waals surface area (Å²) in [5.41, 5.74) is 2.03. The minimum atomic E-state index is -3.62. The van der Waals surface area contributed by atoms with E-state index < -0.39 is 10.0 Å². The first-order chi connectivity index (χ1) is 8.94. The maximum atomic E-state index is 12.2. The third kappa shape index (κ3) is 2.94. The third-order valence-corrected chi connectivity index (χ3v) is 5.73. The van der Waals surface area contributed by atoms with Crippen molar-refractivity contribution < 1.29 is 13.5 Å². The standard InChI is InChI=1S/C12H14N2O3S2/c1-8-5-12(18-11(8)7-15)19(16,17)14-10-3-4-13-6-9(10)2/h3-6,15H,7H2,1-2H3,(H,13,14). The van der Waals surface area contributed by atoms with Crippen molar-refractivity contribution in [2.75, 3.05) is 4.72 Å². The molecule has 0 aliphatic heterocycles. The predicted octanol–water partition coefficient (Wildman–Crippen LogP) is 2.05.